The topological polar surface area (TPSA) is 126 Å². The molecule has 2 aromatic heterocycles. The van der Waals surface area contributed by atoms with Gasteiger partial charge in [0, 0.05) is 11.1 Å². The van der Waals surface area contributed by atoms with Crippen molar-refractivity contribution in [1.29, 1.82) is 0 Å². The van der Waals surface area contributed by atoms with Crippen LogP contribution in [0.15, 0.2) is 48.8 Å². The zero-order valence-corrected chi connectivity index (χ0v) is 22.3. The maximum Gasteiger partial charge on any atom is 0.408 e. The minimum absolute atomic E-state index is 0.123. The minimum atomic E-state index is -0.572. The van der Waals surface area contributed by atoms with Gasteiger partial charge < -0.3 is 34.8 Å². The molecule has 1 aliphatic heterocycles. The number of nitrogens with one attached hydrogen (secondary N) is 4. The lowest BCUT2D eigenvalue weighted by Gasteiger charge is -2.21. The van der Waals surface area contributed by atoms with Crippen LogP contribution in [0.25, 0.3) is 22.5 Å². The number of aromatic nitrogens is 4. The van der Waals surface area contributed by atoms with Gasteiger partial charge in [0.25, 0.3) is 0 Å². The van der Waals surface area contributed by atoms with E-state index in [1.807, 2.05) is 84.3 Å². The number of carbonyl (C=O) groups excluding carboxylic acids is 1. The second-order valence-corrected chi connectivity index (χ2v) is 10.3. The van der Waals surface area contributed by atoms with Crippen LogP contribution in [0.5, 0.6) is 23.0 Å². The molecule has 1 aliphatic rings. The SMILES string of the molecule is CNC(C)c1ncc(-c2ccc3c(c2)Oc2ccc(-c4cnc(C(C)NC(=O)OC(C)(C)C)[nH]4)cc2O3)[nH]1. The molecule has 0 bridgehead atoms. The molecule has 3 heterocycles. The number of amides is 1. The molecule has 198 valence electrons. The first-order valence-corrected chi connectivity index (χ1v) is 12.5. The van der Waals surface area contributed by atoms with Crippen molar-refractivity contribution in [3.05, 3.63) is 60.4 Å². The molecule has 38 heavy (non-hydrogen) atoms. The minimum Gasteiger partial charge on any atom is -0.449 e. The highest BCUT2D eigenvalue weighted by Crippen LogP contribution is 2.47. The van der Waals surface area contributed by atoms with Crippen LogP contribution in [0.2, 0.25) is 0 Å². The second kappa shape index (κ2) is 9.86. The number of rotatable bonds is 6. The molecule has 0 fully saturated rings. The molecule has 2 unspecified atom stereocenters. The first-order valence-electron chi connectivity index (χ1n) is 12.5. The molecule has 1 amide bonds. The van der Waals surface area contributed by atoms with Crippen molar-refractivity contribution in [3.63, 3.8) is 0 Å². The summed E-state index contributed by atoms with van der Waals surface area (Å²) >= 11 is 0. The summed E-state index contributed by atoms with van der Waals surface area (Å²) in [7, 11) is 1.90. The number of hydrogen-bond donors (Lipinski definition) is 4. The van der Waals surface area contributed by atoms with Gasteiger partial charge in [-0.3, -0.25) is 0 Å². The fourth-order valence-corrected chi connectivity index (χ4v) is 4.01. The van der Waals surface area contributed by atoms with Crippen LogP contribution in [0.4, 0.5) is 4.79 Å². The van der Waals surface area contributed by atoms with Crippen LogP contribution >= 0.6 is 0 Å². The predicted molar refractivity (Wildman–Crippen MR) is 143 cm³/mol. The fourth-order valence-electron chi connectivity index (χ4n) is 4.01. The smallest absolute Gasteiger partial charge is 0.408 e. The van der Waals surface area contributed by atoms with Crippen molar-refractivity contribution >= 4 is 6.09 Å². The molecule has 10 heteroatoms. The Balaban J connectivity index is 1.30. The number of H-pyrrole nitrogens is 2. The number of nitrogens with zero attached hydrogens (tertiary/aromatic N) is 2. The van der Waals surface area contributed by atoms with Gasteiger partial charge in [-0.2, -0.15) is 0 Å². The van der Waals surface area contributed by atoms with Crippen LogP contribution < -0.4 is 20.1 Å². The molecule has 2 aromatic carbocycles. The van der Waals surface area contributed by atoms with E-state index in [4.69, 9.17) is 14.2 Å². The van der Waals surface area contributed by atoms with Crippen LogP contribution in [0.3, 0.4) is 0 Å². The molecule has 0 radical (unpaired) electrons. The largest absolute Gasteiger partial charge is 0.449 e. The Bertz CT molecular complexity index is 1470. The lowest BCUT2D eigenvalue weighted by atomic mass is 10.1. The Labute approximate surface area is 221 Å². The van der Waals surface area contributed by atoms with E-state index in [9.17, 15) is 4.79 Å². The van der Waals surface area contributed by atoms with Crippen molar-refractivity contribution < 1.29 is 19.0 Å². The van der Waals surface area contributed by atoms with Gasteiger partial charge in [-0.25, -0.2) is 14.8 Å². The number of hydrogen-bond acceptors (Lipinski definition) is 7. The number of imidazole rings is 2. The first-order chi connectivity index (χ1) is 18.1. The van der Waals surface area contributed by atoms with Crippen molar-refractivity contribution in [3.8, 4) is 45.5 Å². The number of benzene rings is 2. The molecule has 0 spiro atoms. The number of carbonyl (C=O) groups is 1. The Morgan fingerprint density at radius 3 is 1.82 bits per heavy atom. The average molecular weight is 517 g/mol. The van der Waals surface area contributed by atoms with Gasteiger partial charge >= 0.3 is 6.09 Å². The molecule has 2 atom stereocenters. The maximum atomic E-state index is 12.1. The van der Waals surface area contributed by atoms with E-state index in [2.05, 4.69) is 30.6 Å². The quantitative estimate of drug-likeness (QED) is 0.211. The monoisotopic (exact) mass is 516 g/mol. The Kier molecular flexibility index (Phi) is 6.58. The van der Waals surface area contributed by atoms with E-state index >= 15 is 0 Å². The molecular formula is C28H32N6O4. The maximum absolute atomic E-state index is 12.1. The molecule has 0 aliphatic carbocycles. The Morgan fingerprint density at radius 2 is 1.34 bits per heavy atom. The zero-order chi connectivity index (χ0) is 27.0. The number of aromatic amines is 2. The third kappa shape index (κ3) is 5.35. The highest BCUT2D eigenvalue weighted by Gasteiger charge is 2.23. The summed E-state index contributed by atoms with van der Waals surface area (Å²) in [4.78, 5) is 27.6. The molecule has 0 saturated heterocycles. The van der Waals surface area contributed by atoms with E-state index in [-0.39, 0.29) is 12.1 Å². The average Bonchev–Trinajstić information content (AvgIpc) is 3.56. The molecule has 4 aromatic rings. The lowest BCUT2D eigenvalue weighted by Crippen LogP contribution is -2.34. The van der Waals surface area contributed by atoms with E-state index < -0.39 is 11.7 Å². The molecule has 10 nitrogen and oxygen atoms in total. The van der Waals surface area contributed by atoms with Crippen molar-refractivity contribution in [2.75, 3.05) is 7.05 Å². The zero-order valence-electron chi connectivity index (χ0n) is 22.3. The summed E-state index contributed by atoms with van der Waals surface area (Å²) < 4.78 is 17.7. The van der Waals surface area contributed by atoms with E-state index in [1.165, 1.54) is 0 Å². The van der Waals surface area contributed by atoms with E-state index in [0.717, 1.165) is 28.3 Å². The van der Waals surface area contributed by atoms with Gasteiger partial charge in [-0.05, 0) is 78.1 Å². The van der Waals surface area contributed by atoms with Gasteiger partial charge in [0.2, 0.25) is 0 Å². The van der Waals surface area contributed by atoms with Gasteiger partial charge in [0.05, 0.1) is 35.9 Å². The van der Waals surface area contributed by atoms with Gasteiger partial charge in [-0.15, -0.1) is 0 Å². The number of ether oxygens (including phenoxy) is 3. The lowest BCUT2D eigenvalue weighted by molar-refractivity contribution is 0.0506. The summed E-state index contributed by atoms with van der Waals surface area (Å²) in [6, 6.07) is 11.3. The molecule has 5 rings (SSSR count). The van der Waals surface area contributed by atoms with Gasteiger partial charge in [-0.1, -0.05) is 0 Å². The predicted octanol–water partition coefficient (Wildman–Crippen LogP) is 6.23. The third-order valence-corrected chi connectivity index (χ3v) is 6.13. The summed E-state index contributed by atoms with van der Waals surface area (Å²) in [6.07, 6.45) is 3.05. The van der Waals surface area contributed by atoms with Crippen molar-refractivity contribution in [1.82, 2.24) is 30.6 Å². The highest BCUT2D eigenvalue weighted by molar-refractivity contribution is 5.70. The van der Waals surface area contributed by atoms with E-state index in [0.29, 0.717) is 28.8 Å². The second-order valence-electron chi connectivity index (χ2n) is 10.3. The standard InChI is InChI=1S/C28H32N6O4/c1-15(29-6)25-30-13-19(33-25)17-7-9-21-23(11-17)36-22-10-8-18(12-24(22)37-21)20-14-31-26(34-20)16(2)32-27(35)38-28(3,4)5/h7-16,29H,1-6H3,(H,30,33)(H,31,34)(H,32,35). The molecule has 4 N–H and O–H groups in total. The van der Waals surface area contributed by atoms with Gasteiger partial charge in [0.1, 0.15) is 17.2 Å². The summed E-state index contributed by atoms with van der Waals surface area (Å²) in [5.41, 5.74) is 2.95. The van der Waals surface area contributed by atoms with Crippen LogP contribution in [0, 0.1) is 0 Å². The van der Waals surface area contributed by atoms with Crippen LogP contribution in [-0.4, -0.2) is 38.7 Å². The Morgan fingerprint density at radius 1 is 0.842 bits per heavy atom. The summed E-state index contributed by atoms with van der Waals surface area (Å²) in [6.45, 7) is 9.35. The normalized spacial score (nSPS) is 13.9. The Hall–Kier alpha value is -4.31. The third-order valence-electron chi connectivity index (χ3n) is 6.13. The first kappa shape index (κ1) is 25.3. The summed E-state index contributed by atoms with van der Waals surface area (Å²) in [5.74, 6) is 3.96. The highest BCUT2D eigenvalue weighted by atomic mass is 16.6. The number of alkyl carbamates (subject to hydrolysis) is 1. The van der Waals surface area contributed by atoms with Crippen molar-refractivity contribution in [2.24, 2.45) is 0 Å². The summed E-state index contributed by atoms with van der Waals surface area (Å²) in [5, 5.41) is 5.97. The number of fused-ring (bicyclic) bond motifs is 2. The molecule has 0 saturated carbocycles. The van der Waals surface area contributed by atoms with Crippen LogP contribution in [0.1, 0.15) is 58.4 Å². The van der Waals surface area contributed by atoms with E-state index in [1.54, 1.807) is 6.20 Å². The van der Waals surface area contributed by atoms with Crippen molar-refractivity contribution in [2.45, 2.75) is 52.3 Å². The fraction of sp³-hybridized carbons (Fsp3) is 0.321. The molecular weight excluding hydrogens is 484 g/mol. The van der Waals surface area contributed by atoms with Gasteiger partial charge in [0.15, 0.2) is 23.0 Å². The van der Waals surface area contributed by atoms with Crippen LogP contribution in [-0.2, 0) is 4.74 Å².